The lowest BCUT2D eigenvalue weighted by molar-refractivity contribution is 0.0698. The summed E-state index contributed by atoms with van der Waals surface area (Å²) in [6.45, 7) is 2.29. The van der Waals surface area contributed by atoms with Crippen LogP contribution in [0.25, 0.3) is 0 Å². The lowest BCUT2D eigenvalue weighted by Gasteiger charge is -2.14. The first kappa shape index (κ1) is 15.2. The molecular weight excluding hydrogens is 290 g/mol. The number of carboxylic acids is 1. The topological polar surface area (TPSA) is 58.6 Å². The van der Waals surface area contributed by atoms with Crippen molar-refractivity contribution in [3.63, 3.8) is 0 Å². The average Bonchev–Trinajstić information content (AvgIpc) is 2.45. The summed E-state index contributed by atoms with van der Waals surface area (Å²) in [6, 6.07) is 10.5. The number of hydrogen-bond donors (Lipinski definition) is 2. The van der Waals surface area contributed by atoms with Crippen molar-refractivity contribution in [3.8, 4) is 5.75 Å². The molecule has 2 aromatic rings. The Balaban J connectivity index is 2.28. The molecule has 0 aliphatic heterocycles. The standard InChI is InChI=1S/C16H16ClNO3/c1-10-6-7-11(16(19)20)14(8-10)18-9-12-13(17)4-3-5-15(12)21-2/h3-8,18H,9H2,1-2H3,(H,19,20). The summed E-state index contributed by atoms with van der Waals surface area (Å²) in [5, 5.41) is 12.9. The van der Waals surface area contributed by atoms with Crippen LogP contribution in [0.15, 0.2) is 36.4 Å². The Labute approximate surface area is 128 Å². The zero-order valence-corrected chi connectivity index (χ0v) is 12.6. The number of hydrogen-bond acceptors (Lipinski definition) is 3. The number of carbonyl (C=O) groups is 1. The predicted octanol–water partition coefficient (Wildman–Crippen LogP) is 3.97. The number of halogens is 1. The third-order valence-electron chi connectivity index (χ3n) is 3.16. The van der Waals surface area contributed by atoms with Gasteiger partial charge < -0.3 is 15.2 Å². The van der Waals surface area contributed by atoms with Crippen molar-refractivity contribution < 1.29 is 14.6 Å². The number of aromatic carboxylic acids is 1. The summed E-state index contributed by atoms with van der Waals surface area (Å²) in [6.07, 6.45) is 0. The van der Waals surface area contributed by atoms with Crippen LogP contribution < -0.4 is 10.1 Å². The number of benzene rings is 2. The first-order valence-electron chi connectivity index (χ1n) is 6.42. The maximum Gasteiger partial charge on any atom is 0.337 e. The van der Waals surface area contributed by atoms with Crippen LogP contribution in [0.5, 0.6) is 5.75 Å². The molecule has 0 saturated heterocycles. The summed E-state index contributed by atoms with van der Waals surface area (Å²) in [4.78, 5) is 11.2. The fraction of sp³-hybridized carbons (Fsp3) is 0.188. The monoisotopic (exact) mass is 305 g/mol. The Kier molecular flexibility index (Phi) is 4.70. The number of anilines is 1. The van der Waals surface area contributed by atoms with Crippen LogP contribution in [-0.2, 0) is 6.54 Å². The van der Waals surface area contributed by atoms with Gasteiger partial charge in [-0.15, -0.1) is 0 Å². The molecule has 0 aliphatic rings. The van der Waals surface area contributed by atoms with Crippen LogP contribution in [0.1, 0.15) is 21.5 Å². The summed E-state index contributed by atoms with van der Waals surface area (Å²) in [7, 11) is 1.57. The summed E-state index contributed by atoms with van der Waals surface area (Å²) in [5.74, 6) is -0.303. The van der Waals surface area contributed by atoms with Gasteiger partial charge in [0.1, 0.15) is 5.75 Å². The predicted molar refractivity (Wildman–Crippen MR) is 83.5 cm³/mol. The SMILES string of the molecule is COc1cccc(Cl)c1CNc1cc(C)ccc1C(=O)O. The molecule has 0 radical (unpaired) electrons. The number of aryl methyl sites for hydroxylation is 1. The molecule has 2 rings (SSSR count). The van der Waals surface area contributed by atoms with E-state index in [4.69, 9.17) is 16.3 Å². The molecule has 0 aromatic heterocycles. The van der Waals surface area contributed by atoms with E-state index in [0.717, 1.165) is 11.1 Å². The molecule has 0 unspecified atom stereocenters. The van der Waals surface area contributed by atoms with E-state index in [1.807, 2.05) is 13.0 Å². The molecule has 0 bridgehead atoms. The molecule has 4 nitrogen and oxygen atoms in total. The van der Waals surface area contributed by atoms with E-state index >= 15 is 0 Å². The van der Waals surface area contributed by atoms with Gasteiger partial charge in [-0.2, -0.15) is 0 Å². The van der Waals surface area contributed by atoms with Crippen LogP contribution >= 0.6 is 11.6 Å². The van der Waals surface area contributed by atoms with Crippen LogP contribution in [0.4, 0.5) is 5.69 Å². The minimum Gasteiger partial charge on any atom is -0.496 e. The number of methoxy groups -OCH3 is 1. The van der Waals surface area contributed by atoms with E-state index in [0.29, 0.717) is 23.0 Å². The minimum atomic E-state index is -0.969. The molecule has 2 aromatic carbocycles. The summed E-state index contributed by atoms with van der Waals surface area (Å²) < 4.78 is 5.28. The fourth-order valence-electron chi connectivity index (χ4n) is 2.08. The second-order valence-electron chi connectivity index (χ2n) is 4.63. The lowest BCUT2D eigenvalue weighted by atomic mass is 10.1. The van der Waals surface area contributed by atoms with Crippen molar-refractivity contribution in [2.75, 3.05) is 12.4 Å². The number of rotatable bonds is 5. The Bertz CT molecular complexity index is 671. The molecule has 2 N–H and O–H groups in total. The zero-order chi connectivity index (χ0) is 15.4. The van der Waals surface area contributed by atoms with Gasteiger partial charge in [-0.3, -0.25) is 0 Å². The van der Waals surface area contributed by atoms with Crippen molar-refractivity contribution in [1.82, 2.24) is 0 Å². The van der Waals surface area contributed by atoms with E-state index in [9.17, 15) is 9.90 Å². The van der Waals surface area contributed by atoms with Crippen LogP contribution in [0.3, 0.4) is 0 Å². The number of carboxylic acid groups (broad SMARTS) is 1. The van der Waals surface area contributed by atoms with Crippen LogP contribution in [0.2, 0.25) is 5.02 Å². The molecule has 0 saturated carbocycles. The molecule has 5 heteroatoms. The van der Waals surface area contributed by atoms with Crippen LogP contribution in [-0.4, -0.2) is 18.2 Å². The third-order valence-corrected chi connectivity index (χ3v) is 3.51. The maximum absolute atomic E-state index is 11.2. The molecule has 0 spiro atoms. The largest absolute Gasteiger partial charge is 0.496 e. The highest BCUT2D eigenvalue weighted by Gasteiger charge is 2.12. The summed E-state index contributed by atoms with van der Waals surface area (Å²) in [5.41, 5.74) is 2.56. The van der Waals surface area contributed by atoms with E-state index < -0.39 is 5.97 Å². The number of nitrogens with one attached hydrogen (secondary N) is 1. The normalized spacial score (nSPS) is 10.2. The minimum absolute atomic E-state index is 0.228. The maximum atomic E-state index is 11.2. The molecule has 0 aliphatic carbocycles. The van der Waals surface area contributed by atoms with Gasteiger partial charge in [0.15, 0.2) is 0 Å². The zero-order valence-electron chi connectivity index (χ0n) is 11.8. The molecule has 0 amide bonds. The highest BCUT2D eigenvalue weighted by Crippen LogP contribution is 2.28. The van der Waals surface area contributed by atoms with Crippen molar-refractivity contribution in [3.05, 3.63) is 58.1 Å². The Morgan fingerprint density at radius 3 is 2.76 bits per heavy atom. The van der Waals surface area contributed by atoms with Gasteiger partial charge in [0, 0.05) is 22.8 Å². The Hall–Kier alpha value is -2.20. The van der Waals surface area contributed by atoms with E-state index in [-0.39, 0.29) is 5.56 Å². The molecule has 21 heavy (non-hydrogen) atoms. The average molecular weight is 306 g/mol. The molecule has 0 fully saturated rings. The second-order valence-corrected chi connectivity index (χ2v) is 5.04. The first-order chi connectivity index (χ1) is 10.0. The fourth-order valence-corrected chi connectivity index (χ4v) is 2.31. The van der Waals surface area contributed by atoms with Crippen LogP contribution in [0, 0.1) is 6.92 Å². The molecule has 0 atom stereocenters. The van der Waals surface area contributed by atoms with Gasteiger partial charge in [-0.05, 0) is 36.8 Å². The van der Waals surface area contributed by atoms with Gasteiger partial charge in [0.2, 0.25) is 0 Å². The Morgan fingerprint density at radius 1 is 1.33 bits per heavy atom. The van der Waals surface area contributed by atoms with Crippen molar-refractivity contribution in [2.24, 2.45) is 0 Å². The Morgan fingerprint density at radius 2 is 2.10 bits per heavy atom. The van der Waals surface area contributed by atoms with E-state index in [1.54, 1.807) is 37.4 Å². The quantitative estimate of drug-likeness (QED) is 0.877. The first-order valence-corrected chi connectivity index (χ1v) is 6.80. The van der Waals surface area contributed by atoms with Crippen molar-refractivity contribution >= 4 is 23.3 Å². The van der Waals surface area contributed by atoms with E-state index in [1.165, 1.54) is 0 Å². The lowest BCUT2D eigenvalue weighted by Crippen LogP contribution is -2.08. The van der Waals surface area contributed by atoms with E-state index in [2.05, 4.69) is 5.32 Å². The smallest absolute Gasteiger partial charge is 0.337 e. The van der Waals surface area contributed by atoms with Gasteiger partial charge in [0.05, 0.1) is 12.7 Å². The molecule has 110 valence electrons. The molecular formula is C16H16ClNO3. The molecule has 0 heterocycles. The van der Waals surface area contributed by atoms with Gasteiger partial charge in [0.25, 0.3) is 0 Å². The van der Waals surface area contributed by atoms with Gasteiger partial charge in [-0.25, -0.2) is 4.79 Å². The highest BCUT2D eigenvalue weighted by atomic mass is 35.5. The van der Waals surface area contributed by atoms with Gasteiger partial charge >= 0.3 is 5.97 Å². The highest BCUT2D eigenvalue weighted by molar-refractivity contribution is 6.31. The van der Waals surface area contributed by atoms with Gasteiger partial charge in [-0.1, -0.05) is 23.7 Å². The van der Waals surface area contributed by atoms with Crippen molar-refractivity contribution in [2.45, 2.75) is 13.5 Å². The second kappa shape index (κ2) is 6.50. The number of ether oxygens (including phenoxy) is 1. The summed E-state index contributed by atoms with van der Waals surface area (Å²) >= 11 is 6.17. The third kappa shape index (κ3) is 3.47. The van der Waals surface area contributed by atoms with Crippen molar-refractivity contribution in [1.29, 1.82) is 0 Å².